The van der Waals surface area contributed by atoms with Crippen molar-refractivity contribution in [2.75, 3.05) is 33.5 Å². The second-order valence-corrected chi connectivity index (χ2v) is 8.10. The molecule has 7 heteroatoms. The molecular formula is C26H28O7. The molecule has 0 radical (unpaired) electrons. The van der Waals surface area contributed by atoms with E-state index in [9.17, 15) is 9.59 Å². The first kappa shape index (κ1) is 22.9. The zero-order valence-electron chi connectivity index (χ0n) is 18.6. The number of allylic oxidation sites excluding steroid dienone is 2. The molecule has 174 valence electrons. The second-order valence-electron chi connectivity index (χ2n) is 8.10. The van der Waals surface area contributed by atoms with Crippen molar-refractivity contribution in [1.82, 2.24) is 0 Å². The Morgan fingerprint density at radius 2 is 1.52 bits per heavy atom. The van der Waals surface area contributed by atoms with Gasteiger partial charge in [0.2, 0.25) is 0 Å². The van der Waals surface area contributed by atoms with Crippen LogP contribution in [0.3, 0.4) is 0 Å². The number of hydrogen-bond acceptors (Lipinski definition) is 7. The summed E-state index contributed by atoms with van der Waals surface area (Å²) >= 11 is 0. The van der Waals surface area contributed by atoms with E-state index in [1.54, 1.807) is 55.6 Å². The topological polar surface area (TPSA) is 80.3 Å². The van der Waals surface area contributed by atoms with Gasteiger partial charge < -0.3 is 23.7 Å². The first-order valence-electron chi connectivity index (χ1n) is 11.1. The molecule has 2 aromatic rings. The van der Waals surface area contributed by atoms with Crippen LogP contribution in [0.15, 0.2) is 60.7 Å². The minimum atomic E-state index is -0.453. The first-order chi connectivity index (χ1) is 16.1. The molecule has 0 N–H and O–H groups in total. The summed E-state index contributed by atoms with van der Waals surface area (Å²) in [4.78, 5) is 24.4. The van der Waals surface area contributed by atoms with Gasteiger partial charge in [-0.1, -0.05) is 12.2 Å². The van der Waals surface area contributed by atoms with Crippen LogP contribution in [-0.4, -0.2) is 45.5 Å². The number of fused-ring (bicyclic) bond motifs is 2. The lowest BCUT2D eigenvalue weighted by atomic mass is 9.94. The highest BCUT2D eigenvalue weighted by Crippen LogP contribution is 2.43. The number of hydrogen-bond donors (Lipinski definition) is 0. The summed E-state index contributed by atoms with van der Waals surface area (Å²) in [6.07, 6.45) is 6.34. The standard InChI is InChI=1S/C26H28O7/c1-29-21-8-10-23(11-9-21)33-25(27)19-4-6-22(7-5-19)31-14-12-30-13-15-32-26(28)24-17-18-2-3-20(24)16-18/h2-11,18,20,24H,12-17H2,1H3. The normalized spacial score (nSPS) is 20.5. The van der Waals surface area contributed by atoms with Gasteiger partial charge in [0.25, 0.3) is 0 Å². The number of carbonyl (C=O) groups is 2. The van der Waals surface area contributed by atoms with Crippen molar-refractivity contribution in [2.45, 2.75) is 12.8 Å². The van der Waals surface area contributed by atoms with Gasteiger partial charge in [-0.15, -0.1) is 0 Å². The molecule has 0 heterocycles. The van der Waals surface area contributed by atoms with Crippen molar-refractivity contribution >= 4 is 11.9 Å². The van der Waals surface area contributed by atoms with E-state index < -0.39 is 5.97 Å². The highest BCUT2D eigenvalue weighted by atomic mass is 16.6. The SMILES string of the molecule is COc1ccc(OC(=O)c2ccc(OCCOCCOC(=O)C3CC4C=CC3C4)cc2)cc1. The number of esters is 2. The van der Waals surface area contributed by atoms with Crippen LogP contribution in [0.25, 0.3) is 0 Å². The van der Waals surface area contributed by atoms with E-state index >= 15 is 0 Å². The smallest absolute Gasteiger partial charge is 0.343 e. The molecule has 0 saturated heterocycles. The molecule has 0 spiro atoms. The fourth-order valence-corrected chi connectivity index (χ4v) is 4.18. The molecule has 3 atom stereocenters. The lowest BCUT2D eigenvalue weighted by molar-refractivity contribution is -0.151. The average Bonchev–Trinajstić information content (AvgIpc) is 3.48. The van der Waals surface area contributed by atoms with Gasteiger partial charge in [-0.05, 0) is 73.2 Å². The van der Waals surface area contributed by atoms with Crippen LogP contribution in [0.5, 0.6) is 17.2 Å². The molecule has 0 aromatic heterocycles. The summed E-state index contributed by atoms with van der Waals surface area (Å²) in [5, 5.41) is 0. The van der Waals surface area contributed by atoms with E-state index in [4.69, 9.17) is 23.7 Å². The summed E-state index contributed by atoms with van der Waals surface area (Å²) in [7, 11) is 1.58. The first-order valence-corrected chi connectivity index (χ1v) is 11.1. The number of rotatable bonds is 11. The van der Waals surface area contributed by atoms with E-state index in [0.717, 1.165) is 12.8 Å². The molecule has 2 aliphatic carbocycles. The van der Waals surface area contributed by atoms with Gasteiger partial charge in [0.1, 0.15) is 30.5 Å². The maximum atomic E-state index is 12.3. The van der Waals surface area contributed by atoms with Crippen molar-refractivity contribution in [3.63, 3.8) is 0 Å². The van der Waals surface area contributed by atoms with E-state index in [1.807, 2.05) is 0 Å². The zero-order valence-corrected chi connectivity index (χ0v) is 18.6. The van der Waals surface area contributed by atoms with Gasteiger partial charge in [0.15, 0.2) is 0 Å². The van der Waals surface area contributed by atoms with Crippen molar-refractivity contribution in [2.24, 2.45) is 17.8 Å². The van der Waals surface area contributed by atoms with Crippen molar-refractivity contribution in [3.05, 3.63) is 66.2 Å². The summed E-state index contributed by atoms with van der Waals surface area (Å²) in [6, 6.07) is 13.5. The van der Waals surface area contributed by atoms with Crippen LogP contribution < -0.4 is 14.2 Å². The molecular weight excluding hydrogens is 424 g/mol. The molecule has 33 heavy (non-hydrogen) atoms. The third-order valence-corrected chi connectivity index (χ3v) is 5.91. The van der Waals surface area contributed by atoms with E-state index in [2.05, 4.69) is 12.2 Å². The third kappa shape index (κ3) is 6.14. The van der Waals surface area contributed by atoms with Gasteiger partial charge in [-0.25, -0.2) is 4.79 Å². The Labute approximate surface area is 193 Å². The van der Waals surface area contributed by atoms with Crippen molar-refractivity contribution in [3.8, 4) is 17.2 Å². The Morgan fingerprint density at radius 1 is 0.818 bits per heavy atom. The number of carbonyl (C=O) groups excluding carboxylic acids is 2. The Bertz CT molecular complexity index is 965. The molecule has 3 unspecified atom stereocenters. The average molecular weight is 453 g/mol. The lowest BCUT2D eigenvalue weighted by Crippen LogP contribution is -2.23. The van der Waals surface area contributed by atoms with Crippen molar-refractivity contribution < 1.29 is 33.3 Å². The molecule has 0 aliphatic heterocycles. The van der Waals surface area contributed by atoms with Crippen LogP contribution in [0.4, 0.5) is 0 Å². The van der Waals surface area contributed by atoms with E-state index in [-0.39, 0.29) is 18.5 Å². The molecule has 7 nitrogen and oxygen atoms in total. The third-order valence-electron chi connectivity index (χ3n) is 5.91. The maximum absolute atomic E-state index is 12.3. The zero-order chi connectivity index (χ0) is 23.0. The highest BCUT2D eigenvalue weighted by molar-refractivity contribution is 5.91. The Hall–Kier alpha value is -3.32. The van der Waals surface area contributed by atoms with Crippen LogP contribution in [-0.2, 0) is 14.3 Å². The quantitative estimate of drug-likeness (QED) is 0.220. The summed E-state index contributed by atoms with van der Waals surface area (Å²) in [5.41, 5.74) is 0.419. The van der Waals surface area contributed by atoms with Gasteiger partial charge in [0.05, 0.1) is 31.8 Å². The lowest BCUT2D eigenvalue weighted by Gasteiger charge is -2.16. The molecule has 0 amide bonds. The van der Waals surface area contributed by atoms with Gasteiger partial charge in [0, 0.05) is 0 Å². The fourth-order valence-electron chi connectivity index (χ4n) is 4.18. The van der Waals surface area contributed by atoms with Crippen molar-refractivity contribution in [1.29, 1.82) is 0 Å². The predicted octanol–water partition coefficient (Wildman–Crippen LogP) is 4.07. The predicted molar refractivity (Wildman–Crippen MR) is 121 cm³/mol. The summed E-state index contributed by atoms with van der Waals surface area (Å²) in [6.45, 7) is 1.31. The molecule has 2 aliphatic rings. The summed E-state index contributed by atoms with van der Waals surface area (Å²) < 4.78 is 26.9. The largest absolute Gasteiger partial charge is 0.497 e. The van der Waals surface area contributed by atoms with Gasteiger partial charge >= 0.3 is 11.9 Å². The molecule has 1 fully saturated rings. The second kappa shape index (κ2) is 11.0. The number of ether oxygens (including phenoxy) is 5. The van der Waals surface area contributed by atoms with Gasteiger partial charge in [-0.2, -0.15) is 0 Å². The van der Waals surface area contributed by atoms with Crippen LogP contribution >= 0.6 is 0 Å². The molecule has 2 bridgehead atoms. The Balaban J connectivity index is 1.09. The van der Waals surface area contributed by atoms with Crippen LogP contribution in [0.2, 0.25) is 0 Å². The van der Waals surface area contributed by atoms with E-state index in [1.165, 1.54) is 0 Å². The number of methoxy groups -OCH3 is 1. The minimum Gasteiger partial charge on any atom is -0.497 e. The Morgan fingerprint density at radius 3 is 2.18 bits per heavy atom. The molecule has 1 saturated carbocycles. The Kier molecular flexibility index (Phi) is 7.62. The fraction of sp³-hybridized carbons (Fsp3) is 0.385. The number of benzene rings is 2. The summed E-state index contributed by atoms with van der Waals surface area (Å²) in [5.74, 6) is 2.10. The minimum absolute atomic E-state index is 0.0137. The maximum Gasteiger partial charge on any atom is 0.343 e. The van der Waals surface area contributed by atoms with Crippen LogP contribution in [0.1, 0.15) is 23.2 Å². The van der Waals surface area contributed by atoms with Crippen LogP contribution in [0, 0.1) is 17.8 Å². The monoisotopic (exact) mass is 452 g/mol. The molecule has 2 aromatic carbocycles. The highest BCUT2D eigenvalue weighted by Gasteiger charge is 2.40. The van der Waals surface area contributed by atoms with E-state index in [0.29, 0.717) is 54.5 Å². The van der Waals surface area contributed by atoms with Gasteiger partial charge in [-0.3, -0.25) is 4.79 Å². The molecule has 4 rings (SSSR count).